The molecule has 0 radical (unpaired) electrons. The summed E-state index contributed by atoms with van der Waals surface area (Å²) >= 11 is 0. The third-order valence-electron chi connectivity index (χ3n) is 2.13. The second kappa shape index (κ2) is 6.31. The van der Waals surface area contributed by atoms with Crippen LogP contribution in [0.3, 0.4) is 0 Å². The number of aromatic hydroxyl groups is 2. The molecule has 0 saturated heterocycles. The van der Waals surface area contributed by atoms with Gasteiger partial charge in [-0.1, -0.05) is 0 Å². The van der Waals surface area contributed by atoms with E-state index in [2.05, 4.69) is 5.48 Å². The van der Waals surface area contributed by atoms with Crippen LogP contribution in [0.15, 0.2) is 12.1 Å². The molecule has 8 nitrogen and oxygen atoms in total. The number of esters is 1. The lowest BCUT2D eigenvalue weighted by Gasteiger charge is -2.19. The summed E-state index contributed by atoms with van der Waals surface area (Å²) in [6, 6.07) is 1.93. The Bertz CT molecular complexity index is 548. The number of phenolic OH excluding ortho intramolecular Hbond substituents is 2. The van der Waals surface area contributed by atoms with E-state index in [1.54, 1.807) is 20.8 Å². The van der Waals surface area contributed by atoms with Crippen LogP contribution in [0.2, 0.25) is 0 Å². The zero-order valence-corrected chi connectivity index (χ0v) is 11.8. The molecule has 1 aromatic carbocycles. The second-order valence-electron chi connectivity index (χ2n) is 5.17. The standard InChI is InChI=1S/C13H17NO7/c1-13(2,3)21-10(16)6-20-14-8-4-7(12(18)19)5-9(15)11(8)17/h4-5,14-15,17H,6H2,1-3H3,(H,18,19). The smallest absolute Gasteiger partial charge is 0.335 e. The van der Waals surface area contributed by atoms with E-state index in [1.807, 2.05) is 0 Å². The predicted molar refractivity (Wildman–Crippen MR) is 72.2 cm³/mol. The van der Waals surface area contributed by atoms with Crippen LogP contribution in [-0.2, 0) is 14.4 Å². The number of hydrogen-bond acceptors (Lipinski definition) is 7. The third-order valence-corrected chi connectivity index (χ3v) is 2.13. The quantitative estimate of drug-likeness (QED) is 0.366. The van der Waals surface area contributed by atoms with E-state index >= 15 is 0 Å². The molecule has 0 aliphatic rings. The first-order valence-corrected chi connectivity index (χ1v) is 5.99. The van der Waals surface area contributed by atoms with Crippen molar-refractivity contribution in [3.8, 4) is 11.5 Å². The van der Waals surface area contributed by atoms with E-state index in [-0.39, 0.29) is 11.3 Å². The minimum atomic E-state index is -1.29. The van der Waals surface area contributed by atoms with Gasteiger partial charge in [0.05, 0.1) is 5.56 Å². The molecule has 0 saturated carbocycles. The Morgan fingerprint density at radius 3 is 2.38 bits per heavy atom. The predicted octanol–water partition coefficient (Wildman–Crippen LogP) is 1.48. The molecule has 4 N–H and O–H groups in total. The lowest BCUT2D eigenvalue weighted by atomic mass is 10.2. The van der Waals surface area contributed by atoms with Gasteiger partial charge in [-0.05, 0) is 32.9 Å². The number of aromatic carboxylic acids is 1. The lowest BCUT2D eigenvalue weighted by molar-refractivity contribution is -0.159. The Morgan fingerprint density at radius 2 is 1.86 bits per heavy atom. The Hall–Kier alpha value is -2.48. The zero-order chi connectivity index (χ0) is 16.2. The topological polar surface area (TPSA) is 125 Å². The van der Waals surface area contributed by atoms with Crippen molar-refractivity contribution in [2.24, 2.45) is 0 Å². The van der Waals surface area contributed by atoms with Crippen molar-refractivity contribution in [1.29, 1.82) is 0 Å². The molecule has 8 heteroatoms. The van der Waals surface area contributed by atoms with E-state index in [9.17, 15) is 19.8 Å². The summed E-state index contributed by atoms with van der Waals surface area (Å²) in [5.74, 6) is -3.16. The van der Waals surface area contributed by atoms with Crippen molar-refractivity contribution < 1.29 is 34.5 Å². The molecule has 0 spiro atoms. The second-order valence-corrected chi connectivity index (χ2v) is 5.17. The van der Waals surface area contributed by atoms with Gasteiger partial charge in [0.25, 0.3) is 0 Å². The number of carboxylic acid groups (broad SMARTS) is 1. The highest BCUT2D eigenvalue weighted by Crippen LogP contribution is 2.34. The zero-order valence-electron chi connectivity index (χ0n) is 11.8. The Labute approximate surface area is 120 Å². The van der Waals surface area contributed by atoms with Crippen LogP contribution in [0.4, 0.5) is 5.69 Å². The van der Waals surface area contributed by atoms with Crippen molar-refractivity contribution in [1.82, 2.24) is 0 Å². The summed E-state index contributed by atoms with van der Waals surface area (Å²) in [4.78, 5) is 27.0. The number of nitrogens with one attached hydrogen (secondary N) is 1. The van der Waals surface area contributed by atoms with Gasteiger partial charge in [-0.3, -0.25) is 10.3 Å². The summed E-state index contributed by atoms with van der Waals surface area (Å²) in [6.07, 6.45) is 0. The number of benzene rings is 1. The highest BCUT2D eigenvalue weighted by atomic mass is 16.7. The van der Waals surface area contributed by atoms with Gasteiger partial charge in [0, 0.05) is 0 Å². The normalized spacial score (nSPS) is 11.0. The average molecular weight is 299 g/mol. The number of carboxylic acids is 1. The van der Waals surface area contributed by atoms with Crippen LogP contribution in [-0.4, -0.2) is 39.5 Å². The number of carbonyl (C=O) groups excluding carboxylic acids is 1. The monoisotopic (exact) mass is 299 g/mol. The van der Waals surface area contributed by atoms with Gasteiger partial charge in [-0.2, -0.15) is 0 Å². The fourth-order valence-corrected chi connectivity index (χ4v) is 1.36. The molecule has 0 aliphatic carbocycles. The van der Waals surface area contributed by atoms with Crippen LogP contribution in [0.1, 0.15) is 31.1 Å². The molecule has 0 bridgehead atoms. The van der Waals surface area contributed by atoms with Gasteiger partial charge in [0.1, 0.15) is 11.3 Å². The van der Waals surface area contributed by atoms with Crippen LogP contribution in [0, 0.1) is 0 Å². The first-order valence-electron chi connectivity index (χ1n) is 5.99. The van der Waals surface area contributed by atoms with Crippen molar-refractivity contribution >= 4 is 17.6 Å². The molecule has 0 aromatic heterocycles. The molecule has 0 amide bonds. The maximum atomic E-state index is 11.4. The lowest BCUT2D eigenvalue weighted by Crippen LogP contribution is -2.27. The van der Waals surface area contributed by atoms with E-state index in [0.717, 1.165) is 12.1 Å². The third kappa shape index (κ3) is 5.19. The van der Waals surface area contributed by atoms with E-state index in [4.69, 9.17) is 14.7 Å². The number of carbonyl (C=O) groups is 2. The van der Waals surface area contributed by atoms with Gasteiger partial charge in [-0.25, -0.2) is 9.59 Å². The number of phenols is 2. The summed E-state index contributed by atoms with van der Waals surface area (Å²) < 4.78 is 4.98. The molecule has 0 unspecified atom stereocenters. The Balaban J connectivity index is 2.67. The van der Waals surface area contributed by atoms with Crippen molar-refractivity contribution in [2.45, 2.75) is 26.4 Å². The van der Waals surface area contributed by atoms with Gasteiger partial charge < -0.3 is 20.1 Å². The largest absolute Gasteiger partial charge is 0.504 e. The highest BCUT2D eigenvalue weighted by molar-refractivity contribution is 5.90. The van der Waals surface area contributed by atoms with E-state index in [1.165, 1.54) is 0 Å². The summed E-state index contributed by atoms with van der Waals surface area (Å²) in [5, 5.41) is 27.8. The summed E-state index contributed by atoms with van der Waals surface area (Å²) in [7, 11) is 0. The molecule has 0 heterocycles. The maximum Gasteiger partial charge on any atom is 0.335 e. The highest BCUT2D eigenvalue weighted by Gasteiger charge is 2.17. The fraction of sp³-hybridized carbons (Fsp3) is 0.385. The molecular formula is C13H17NO7. The van der Waals surface area contributed by atoms with E-state index in [0.29, 0.717) is 0 Å². The van der Waals surface area contributed by atoms with Crippen LogP contribution < -0.4 is 5.48 Å². The summed E-state index contributed by atoms with van der Waals surface area (Å²) in [5.41, 5.74) is 1.09. The van der Waals surface area contributed by atoms with Crippen molar-refractivity contribution in [2.75, 3.05) is 12.1 Å². The molecule has 0 atom stereocenters. The number of hydrogen-bond donors (Lipinski definition) is 4. The van der Waals surface area contributed by atoms with Crippen molar-refractivity contribution in [3.05, 3.63) is 17.7 Å². The Kier molecular flexibility index (Phi) is 4.98. The molecule has 0 aliphatic heterocycles. The molecule has 21 heavy (non-hydrogen) atoms. The first kappa shape index (κ1) is 16.6. The minimum absolute atomic E-state index is 0.184. The molecule has 1 rings (SSSR count). The summed E-state index contributed by atoms with van der Waals surface area (Å²) in [6.45, 7) is 4.62. The van der Waals surface area contributed by atoms with Crippen molar-refractivity contribution in [3.63, 3.8) is 0 Å². The van der Waals surface area contributed by atoms with Gasteiger partial charge >= 0.3 is 11.9 Å². The van der Waals surface area contributed by atoms with Crippen LogP contribution in [0.5, 0.6) is 11.5 Å². The van der Waals surface area contributed by atoms with E-state index < -0.39 is 35.6 Å². The average Bonchev–Trinajstić information content (AvgIpc) is 2.31. The SMILES string of the molecule is CC(C)(C)OC(=O)CONc1cc(C(=O)O)cc(O)c1O. The number of anilines is 1. The molecular weight excluding hydrogens is 282 g/mol. The number of rotatable bonds is 5. The first-order chi connectivity index (χ1) is 9.60. The van der Waals surface area contributed by atoms with Crippen LogP contribution >= 0.6 is 0 Å². The fourth-order valence-electron chi connectivity index (χ4n) is 1.36. The number of ether oxygens (including phenoxy) is 1. The maximum absolute atomic E-state index is 11.4. The minimum Gasteiger partial charge on any atom is -0.504 e. The van der Waals surface area contributed by atoms with Crippen LogP contribution in [0.25, 0.3) is 0 Å². The van der Waals surface area contributed by atoms with Gasteiger partial charge in [0.15, 0.2) is 18.1 Å². The van der Waals surface area contributed by atoms with Gasteiger partial charge in [0.2, 0.25) is 0 Å². The molecule has 1 aromatic rings. The molecule has 0 fully saturated rings. The Morgan fingerprint density at radius 1 is 1.24 bits per heavy atom. The van der Waals surface area contributed by atoms with Gasteiger partial charge in [-0.15, -0.1) is 0 Å². The molecule has 116 valence electrons.